The lowest BCUT2D eigenvalue weighted by Crippen LogP contribution is -2.35. The van der Waals surface area contributed by atoms with E-state index in [9.17, 15) is 4.79 Å². The molecule has 82 valence electrons. The minimum absolute atomic E-state index is 0.00584. The molecule has 0 bridgehead atoms. The van der Waals surface area contributed by atoms with Crippen molar-refractivity contribution >= 4 is 22.4 Å². The number of aryl methyl sites for hydroxylation is 1. The largest absolute Gasteiger partial charge is 0.306 e. The molecule has 0 saturated carbocycles. The number of anilines is 1. The average Bonchev–Trinajstić information content (AvgIpc) is 2.87. The topological polar surface area (TPSA) is 66.9 Å². The molecule has 1 saturated heterocycles. The number of amides is 1. The first-order chi connectivity index (χ1) is 7.29. The second-order valence-corrected chi connectivity index (χ2v) is 4.55. The van der Waals surface area contributed by atoms with Crippen LogP contribution in [0.2, 0.25) is 0 Å². The molecule has 1 atom stereocenters. The van der Waals surface area contributed by atoms with Crippen LogP contribution in [0.5, 0.6) is 0 Å². The number of carbonyl (C=O) groups excluding carboxylic acids is 1. The quantitative estimate of drug-likeness (QED) is 0.799. The van der Waals surface area contributed by atoms with Crippen molar-refractivity contribution in [3.8, 4) is 0 Å². The van der Waals surface area contributed by atoms with Crippen molar-refractivity contribution in [2.45, 2.75) is 32.2 Å². The molecule has 0 radical (unpaired) electrons. The summed E-state index contributed by atoms with van der Waals surface area (Å²) < 4.78 is 0. The van der Waals surface area contributed by atoms with Crippen molar-refractivity contribution in [2.75, 3.05) is 11.9 Å². The highest BCUT2D eigenvalue weighted by atomic mass is 32.1. The van der Waals surface area contributed by atoms with Crippen molar-refractivity contribution < 1.29 is 4.79 Å². The summed E-state index contributed by atoms with van der Waals surface area (Å²) in [5.41, 5.74) is 0. The third-order valence-corrected chi connectivity index (χ3v) is 3.36. The van der Waals surface area contributed by atoms with Crippen molar-refractivity contribution in [3.63, 3.8) is 0 Å². The molecule has 1 fully saturated rings. The lowest BCUT2D eigenvalue weighted by molar-refractivity contribution is -0.117. The molecule has 6 heteroatoms. The van der Waals surface area contributed by atoms with E-state index in [1.807, 2.05) is 6.92 Å². The number of rotatable bonds is 3. The number of carbonyl (C=O) groups is 1. The monoisotopic (exact) mass is 226 g/mol. The van der Waals surface area contributed by atoms with Crippen LogP contribution < -0.4 is 10.6 Å². The summed E-state index contributed by atoms with van der Waals surface area (Å²) in [5, 5.41) is 15.3. The Labute approximate surface area is 92.3 Å². The first kappa shape index (κ1) is 10.5. The lowest BCUT2D eigenvalue weighted by atomic mass is 10.2. The van der Waals surface area contributed by atoms with E-state index in [-0.39, 0.29) is 11.9 Å². The smallest absolute Gasteiger partial charge is 0.243 e. The first-order valence-electron chi connectivity index (χ1n) is 5.16. The first-order valence-corrected chi connectivity index (χ1v) is 5.98. The number of hydrogen-bond donors (Lipinski definition) is 2. The number of nitrogens with one attached hydrogen (secondary N) is 2. The molecule has 0 aliphatic carbocycles. The fourth-order valence-electron chi connectivity index (χ4n) is 1.55. The van der Waals surface area contributed by atoms with E-state index in [0.717, 1.165) is 30.8 Å². The van der Waals surface area contributed by atoms with Crippen LogP contribution in [0.3, 0.4) is 0 Å². The summed E-state index contributed by atoms with van der Waals surface area (Å²) in [6, 6.07) is -0.0565. The Kier molecular flexibility index (Phi) is 3.27. The Hall–Kier alpha value is -1.01. The number of nitrogens with zero attached hydrogens (tertiary/aromatic N) is 2. The van der Waals surface area contributed by atoms with Crippen molar-refractivity contribution in [1.82, 2.24) is 15.5 Å². The predicted octanol–water partition coefficient (Wildman–Crippen LogP) is 0.791. The van der Waals surface area contributed by atoms with E-state index in [1.54, 1.807) is 0 Å². The van der Waals surface area contributed by atoms with Gasteiger partial charge in [-0.3, -0.25) is 10.1 Å². The number of hydrogen-bond acceptors (Lipinski definition) is 5. The molecule has 0 unspecified atom stereocenters. The summed E-state index contributed by atoms with van der Waals surface area (Å²) in [6.45, 7) is 2.94. The van der Waals surface area contributed by atoms with Gasteiger partial charge in [-0.1, -0.05) is 18.3 Å². The van der Waals surface area contributed by atoms with Crippen LogP contribution in [0.25, 0.3) is 0 Å². The van der Waals surface area contributed by atoms with Crippen LogP contribution in [0.4, 0.5) is 5.13 Å². The summed E-state index contributed by atoms with van der Waals surface area (Å²) in [6.07, 6.45) is 2.83. The maximum atomic E-state index is 11.7. The highest BCUT2D eigenvalue weighted by Gasteiger charge is 2.22. The molecule has 5 nitrogen and oxygen atoms in total. The molecule has 1 amide bonds. The number of aromatic nitrogens is 2. The Morgan fingerprint density at radius 3 is 3.13 bits per heavy atom. The predicted molar refractivity (Wildman–Crippen MR) is 58.9 cm³/mol. The van der Waals surface area contributed by atoms with Crippen LogP contribution in [-0.2, 0) is 11.2 Å². The van der Waals surface area contributed by atoms with Gasteiger partial charge in [0.25, 0.3) is 0 Å². The average molecular weight is 226 g/mol. The van der Waals surface area contributed by atoms with Crippen LogP contribution in [0.1, 0.15) is 24.8 Å². The molecule has 2 heterocycles. The van der Waals surface area contributed by atoms with Crippen molar-refractivity contribution in [2.24, 2.45) is 0 Å². The molecule has 1 aliphatic rings. The van der Waals surface area contributed by atoms with Gasteiger partial charge in [-0.25, -0.2) is 0 Å². The third-order valence-electron chi connectivity index (χ3n) is 2.38. The molecular weight excluding hydrogens is 212 g/mol. The van der Waals surface area contributed by atoms with Gasteiger partial charge in [0.15, 0.2) is 0 Å². The Bertz CT molecular complexity index is 346. The molecule has 0 aromatic carbocycles. The molecule has 2 N–H and O–H groups in total. The Balaban J connectivity index is 1.92. The van der Waals surface area contributed by atoms with E-state index >= 15 is 0 Å². The Morgan fingerprint density at radius 1 is 1.67 bits per heavy atom. The maximum absolute atomic E-state index is 11.7. The summed E-state index contributed by atoms with van der Waals surface area (Å²) in [5.74, 6) is 0.00584. The van der Waals surface area contributed by atoms with E-state index in [4.69, 9.17) is 0 Å². The molecule has 0 spiro atoms. The van der Waals surface area contributed by atoms with Crippen LogP contribution in [-0.4, -0.2) is 28.7 Å². The van der Waals surface area contributed by atoms with Crippen molar-refractivity contribution in [3.05, 3.63) is 5.01 Å². The maximum Gasteiger partial charge on any atom is 0.243 e. The van der Waals surface area contributed by atoms with Crippen LogP contribution in [0, 0.1) is 0 Å². The zero-order valence-electron chi connectivity index (χ0n) is 8.62. The second kappa shape index (κ2) is 4.67. The highest BCUT2D eigenvalue weighted by Crippen LogP contribution is 2.16. The van der Waals surface area contributed by atoms with Gasteiger partial charge in [0.1, 0.15) is 5.01 Å². The Morgan fingerprint density at radius 2 is 2.53 bits per heavy atom. The van der Waals surface area contributed by atoms with Crippen LogP contribution in [0.15, 0.2) is 0 Å². The zero-order valence-corrected chi connectivity index (χ0v) is 9.43. The standard InChI is InChI=1S/C9H14N4OS/c1-2-7-12-13-9(15-7)11-8(14)6-4-3-5-10-6/h6,10H,2-5H2,1H3,(H,11,13,14)/t6-/m1/s1. The van der Waals surface area contributed by atoms with E-state index in [2.05, 4.69) is 20.8 Å². The van der Waals surface area contributed by atoms with Gasteiger partial charge >= 0.3 is 0 Å². The van der Waals surface area contributed by atoms with Crippen LogP contribution >= 0.6 is 11.3 Å². The molecule has 2 rings (SSSR count). The zero-order chi connectivity index (χ0) is 10.7. The van der Waals surface area contributed by atoms with Gasteiger partial charge < -0.3 is 5.32 Å². The highest BCUT2D eigenvalue weighted by molar-refractivity contribution is 7.15. The van der Waals surface area contributed by atoms with Gasteiger partial charge in [-0.2, -0.15) is 0 Å². The van der Waals surface area contributed by atoms with Gasteiger partial charge in [0, 0.05) is 0 Å². The fourth-order valence-corrected chi connectivity index (χ4v) is 2.23. The van der Waals surface area contributed by atoms with Gasteiger partial charge in [0.05, 0.1) is 6.04 Å². The van der Waals surface area contributed by atoms with E-state index < -0.39 is 0 Å². The van der Waals surface area contributed by atoms with E-state index in [1.165, 1.54) is 11.3 Å². The molecule has 15 heavy (non-hydrogen) atoms. The molecule has 1 aromatic rings. The van der Waals surface area contributed by atoms with Gasteiger partial charge in [-0.05, 0) is 25.8 Å². The molecular formula is C9H14N4OS. The normalized spacial score (nSPS) is 20.5. The minimum Gasteiger partial charge on any atom is -0.306 e. The van der Waals surface area contributed by atoms with Gasteiger partial charge in [0.2, 0.25) is 11.0 Å². The SMILES string of the molecule is CCc1nnc(NC(=O)[C@H]2CCCN2)s1. The molecule has 1 aromatic heterocycles. The molecule has 1 aliphatic heterocycles. The lowest BCUT2D eigenvalue weighted by Gasteiger charge is -2.07. The van der Waals surface area contributed by atoms with Gasteiger partial charge in [-0.15, -0.1) is 10.2 Å². The summed E-state index contributed by atoms with van der Waals surface area (Å²) >= 11 is 1.44. The summed E-state index contributed by atoms with van der Waals surface area (Å²) in [7, 11) is 0. The minimum atomic E-state index is -0.0565. The fraction of sp³-hybridized carbons (Fsp3) is 0.667. The second-order valence-electron chi connectivity index (χ2n) is 3.49. The van der Waals surface area contributed by atoms with Crippen molar-refractivity contribution in [1.29, 1.82) is 0 Å². The summed E-state index contributed by atoms with van der Waals surface area (Å²) in [4.78, 5) is 11.7. The van der Waals surface area contributed by atoms with E-state index in [0.29, 0.717) is 5.13 Å². The third kappa shape index (κ3) is 2.51.